The molecule has 1 aliphatic heterocycles. The molecule has 6 nitrogen and oxygen atoms in total. The van der Waals surface area contributed by atoms with Crippen molar-refractivity contribution in [2.45, 2.75) is 33.4 Å². The fourth-order valence-corrected chi connectivity index (χ4v) is 3.55. The van der Waals surface area contributed by atoms with Crippen LogP contribution in [0.15, 0.2) is 11.4 Å². The molecule has 23 heavy (non-hydrogen) atoms. The number of hydrogen-bond acceptors (Lipinski definition) is 5. The van der Waals surface area contributed by atoms with Gasteiger partial charge in [0, 0.05) is 31.7 Å². The van der Waals surface area contributed by atoms with E-state index >= 15 is 0 Å². The Morgan fingerprint density at radius 2 is 2.30 bits per heavy atom. The van der Waals surface area contributed by atoms with Crippen LogP contribution >= 0.6 is 11.3 Å². The molecule has 2 aromatic rings. The molecule has 7 heteroatoms. The summed E-state index contributed by atoms with van der Waals surface area (Å²) < 4.78 is 2.26. The molecule has 3 heterocycles. The molecule has 3 rings (SSSR count). The van der Waals surface area contributed by atoms with Gasteiger partial charge in [0.2, 0.25) is 5.91 Å². The number of fused-ring (bicyclic) bond motifs is 1. The van der Waals surface area contributed by atoms with E-state index in [4.69, 9.17) is 5.26 Å². The highest BCUT2D eigenvalue weighted by molar-refractivity contribution is 7.14. The third-order valence-corrected chi connectivity index (χ3v) is 5.07. The average molecular weight is 329 g/mol. The third kappa shape index (κ3) is 3.28. The molecular formula is C16H19N5OS. The van der Waals surface area contributed by atoms with Crippen LogP contribution in [-0.4, -0.2) is 33.4 Å². The van der Waals surface area contributed by atoms with E-state index in [-0.39, 0.29) is 5.91 Å². The van der Waals surface area contributed by atoms with Crippen LogP contribution < -0.4 is 5.32 Å². The van der Waals surface area contributed by atoms with Crippen molar-refractivity contribution in [3.05, 3.63) is 34.2 Å². The van der Waals surface area contributed by atoms with Gasteiger partial charge in [-0.2, -0.15) is 5.26 Å². The lowest BCUT2D eigenvalue weighted by Gasteiger charge is -2.27. The Kier molecular flexibility index (Phi) is 4.46. The normalized spacial score (nSPS) is 14.3. The lowest BCUT2D eigenvalue weighted by atomic mass is 10.3. The lowest BCUT2D eigenvalue weighted by Crippen LogP contribution is -2.36. The van der Waals surface area contributed by atoms with Crippen LogP contribution in [0.4, 0.5) is 5.00 Å². The molecule has 1 amide bonds. The van der Waals surface area contributed by atoms with Crippen molar-refractivity contribution in [3.63, 3.8) is 0 Å². The summed E-state index contributed by atoms with van der Waals surface area (Å²) in [6, 6.07) is 3.80. The summed E-state index contributed by atoms with van der Waals surface area (Å²) in [5.41, 5.74) is 2.84. The predicted molar refractivity (Wildman–Crippen MR) is 89.3 cm³/mol. The first-order chi connectivity index (χ1) is 11.1. The Morgan fingerprint density at radius 3 is 3.09 bits per heavy atom. The van der Waals surface area contributed by atoms with E-state index < -0.39 is 0 Å². The molecule has 0 aromatic carbocycles. The molecule has 0 fully saturated rings. The van der Waals surface area contributed by atoms with Crippen LogP contribution in [0.2, 0.25) is 0 Å². The quantitative estimate of drug-likeness (QED) is 0.934. The number of carbonyl (C=O) groups is 1. The van der Waals surface area contributed by atoms with E-state index in [0.29, 0.717) is 23.5 Å². The first kappa shape index (κ1) is 15.7. The van der Waals surface area contributed by atoms with Gasteiger partial charge in [0.05, 0.1) is 17.8 Å². The molecule has 2 aromatic heterocycles. The van der Waals surface area contributed by atoms with Gasteiger partial charge < -0.3 is 9.88 Å². The fourth-order valence-electron chi connectivity index (χ4n) is 2.80. The number of carbonyl (C=O) groups excluding carboxylic acids is 1. The number of rotatable bonds is 4. The van der Waals surface area contributed by atoms with Crippen molar-refractivity contribution in [1.29, 1.82) is 5.26 Å². The summed E-state index contributed by atoms with van der Waals surface area (Å²) in [5.74, 6) is 1.03. The lowest BCUT2D eigenvalue weighted by molar-refractivity contribution is -0.116. The molecule has 0 aliphatic carbocycles. The standard InChI is InChI=1S/C16H19N5OS/c1-11-12(2)21-7-6-20(10-14(21)18-11)5-3-15(22)19-16-13(9-17)4-8-23-16/h4,8H,3,5-7,10H2,1-2H3,(H,19,22). The van der Waals surface area contributed by atoms with E-state index in [2.05, 4.69) is 32.8 Å². The number of aromatic nitrogens is 2. The summed E-state index contributed by atoms with van der Waals surface area (Å²) in [5, 5.41) is 14.2. The number of anilines is 1. The van der Waals surface area contributed by atoms with Crippen LogP contribution in [0.5, 0.6) is 0 Å². The number of nitrogens with one attached hydrogen (secondary N) is 1. The van der Waals surface area contributed by atoms with Gasteiger partial charge in [-0.1, -0.05) is 0 Å². The number of aryl methyl sites for hydroxylation is 1. The third-order valence-electron chi connectivity index (χ3n) is 4.24. The SMILES string of the molecule is Cc1nc2n(c1C)CCN(CCC(=O)Nc1sccc1C#N)C2. The van der Waals surface area contributed by atoms with Crippen molar-refractivity contribution >= 4 is 22.2 Å². The van der Waals surface area contributed by atoms with Gasteiger partial charge in [0.15, 0.2) is 0 Å². The zero-order chi connectivity index (χ0) is 16.4. The Morgan fingerprint density at radius 1 is 1.48 bits per heavy atom. The van der Waals surface area contributed by atoms with Gasteiger partial charge in [-0.15, -0.1) is 11.3 Å². The largest absolute Gasteiger partial charge is 0.330 e. The Labute approximate surface area is 139 Å². The summed E-state index contributed by atoms with van der Waals surface area (Å²) in [6.45, 7) is 7.47. The molecule has 0 unspecified atom stereocenters. The molecule has 0 spiro atoms. The van der Waals surface area contributed by atoms with Crippen LogP contribution in [0.1, 0.15) is 29.2 Å². The van der Waals surface area contributed by atoms with E-state index in [9.17, 15) is 4.79 Å². The maximum absolute atomic E-state index is 12.1. The number of amides is 1. The zero-order valence-electron chi connectivity index (χ0n) is 13.3. The summed E-state index contributed by atoms with van der Waals surface area (Å²) >= 11 is 1.38. The van der Waals surface area contributed by atoms with Gasteiger partial charge in [-0.05, 0) is 25.3 Å². The van der Waals surface area contributed by atoms with Gasteiger partial charge >= 0.3 is 0 Å². The number of nitrogens with zero attached hydrogens (tertiary/aromatic N) is 4. The summed E-state index contributed by atoms with van der Waals surface area (Å²) in [6.07, 6.45) is 0.418. The Bertz CT molecular complexity index is 770. The summed E-state index contributed by atoms with van der Waals surface area (Å²) in [4.78, 5) is 18.9. The average Bonchev–Trinajstić information content (AvgIpc) is 3.10. The molecule has 0 radical (unpaired) electrons. The number of thiophene rings is 1. The van der Waals surface area contributed by atoms with Gasteiger partial charge in [0.1, 0.15) is 16.9 Å². The van der Waals surface area contributed by atoms with Crippen LogP contribution in [0.3, 0.4) is 0 Å². The smallest absolute Gasteiger partial charge is 0.226 e. The maximum atomic E-state index is 12.1. The highest BCUT2D eigenvalue weighted by Crippen LogP contribution is 2.22. The molecule has 1 N–H and O–H groups in total. The number of imidazole rings is 1. The van der Waals surface area contributed by atoms with Crippen molar-refractivity contribution in [2.24, 2.45) is 0 Å². The minimum absolute atomic E-state index is 0.0507. The Hall–Kier alpha value is -2.17. The van der Waals surface area contributed by atoms with Gasteiger partial charge in [-0.25, -0.2) is 4.98 Å². The molecule has 0 saturated heterocycles. The van der Waals surface area contributed by atoms with Gasteiger partial charge in [0.25, 0.3) is 0 Å². The monoisotopic (exact) mass is 329 g/mol. The van der Waals surface area contributed by atoms with Crippen molar-refractivity contribution < 1.29 is 4.79 Å². The molecule has 0 bridgehead atoms. The van der Waals surface area contributed by atoms with E-state index in [1.807, 2.05) is 12.3 Å². The highest BCUT2D eigenvalue weighted by atomic mass is 32.1. The fraction of sp³-hybridized carbons (Fsp3) is 0.438. The second-order valence-corrected chi connectivity index (χ2v) is 6.62. The predicted octanol–water partition coefficient (Wildman–Crippen LogP) is 2.28. The van der Waals surface area contributed by atoms with E-state index in [0.717, 1.165) is 31.2 Å². The zero-order valence-corrected chi connectivity index (χ0v) is 14.1. The van der Waals surface area contributed by atoms with Crippen molar-refractivity contribution in [3.8, 4) is 6.07 Å². The maximum Gasteiger partial charge on any atom is 0.226 e. The van der Waals surface area contributed by atoms with E-state index in [1.165, 1.54) is 17.0 Å². The second kappa shape index (κ2) is 6.52. The highest BCUT2D eigenvalue weighted by Gasteiger charge is 2.20. The molecule has 0 atom stereocenters. The number of nitriles is 1. The second-order valence-electron chi connectivity index (χ2n) is 5.70. The first-order valence-corrected chi connectivity index (χ1v) is 8.49. The number of hydrogen-bond donors (Lipinski definition) is 1. The minimum Gasteiger partial charge on any atom is -0.330 e. The molecule has 0 saturated carbocycles. The van der Waals surface area contributed by atoms with E-state index in [1.54, 1.807) is 6.07 Å². The van der Waals surface area contributed by atoms with Crippen LogP contribution in [0, 0.1) is 25.2 Å². The van der Waals surface area contributed by atoms with Crippen molar-refractivity contribution in [2.75, 3.05) is 18.4 Å². The van der Waals surface area contributed by atoms with Crippen LogP contribution in [0.25, 0.3) is 0 Å². The topological polar surface area (TPSA) is 74.0 Å². The Balaban J connectivity index is 1.53. The molecular weight excluding hydrogens is 310 g/mol. The van der Waals surface area contributed by atoms with Crippen molar-refractivity contribution in [1.82, 2.24) is 14.5 Å². The molecule has 1 aliphatic rings. The first-order valence-electron chi connectivity index (χ1n) is 7.61. The van der Waals surface area contributed by atoms with Gasteiger partial charge in [-0.3, -0.25) is 9.69 Å². The molecule has 120 valence electrons. The summed E-state index contributed by atoms with van der Waals surface area (Å²) in [7, 11) is 0. The minimum atomic E-state index is -0.0507. The van der Waals surface area contributed by atoms with Crippen LogP contribution in [-0.2, 0) is 17.9 Å².